The van der Waals surface area contributed by atoms with E-state index in [1.165, 1.54) is 11.9 Å². The molecule has 0 N–H and O–H groups in total. The molecule has 2 aromatic heterocycles. The highest BCUT2D eigenvalue weighted by atomic mass is 16.2. The molecule has 1 aliphatic heterocycles. The number of anilines is 1. The Morgan fingerprint density at radius 3 is 2.12 bits per heavy atom. The summed E-state index contributed by atoms with van der Waals surface area (Å²) < 4.78 is 1.57. The maximum absolute atomic E-state index is 12.8. The van der Waals surface area contributed by atoms with Crippen molar-refractivity contribution in [3.05, 3.63) is 84.9 Å². The van der Waals surface area contributed by atoms with Gasteiger partial charge in [0.25, 0.3) is 0 Å². The Bertz CT molecular complexity index is 1150. The second-order valence-corrected chi connectivity index (χ2v) is 7.70. The van der Waals surface area contributed by atoms with E-state index in [0.29, 0.717) is 25.3 Å². The van der Waals surface area contributed by atoms with Gasteiger partial charge in [0.05, 0.1) is 6.42 Å². The van der Waals surface area contributed by atoms with Crippen molar-refractivity contribution >= 4 is 11.7 Å². The lowest BCUT2D eigenvalue weighted by Crippen LogP contribution is -2.49. The molecule has 1 aliphatic rings. The van der Waals surface area contributed by atoms with Gasteiger partial charge < -0.3 is 9.80 Å². The zero-order valence-corrected chi connectivity index (χ0v) is 17.6. The van der Waals surface area contributed by atoms with E-state index in [2.05, 4.69) is 49.4 Å². The van der Waals surface area contributed by atoms with Crippen LogP contribution in [0.5, 0.6) is 0 Å². The lowest BCUT2D eigenvalue weighted by Gasteiger charge is -2.35. The number of nitrogens with zero attached hydrogens (tertiary/aromatic N) is 7. The average molecular weight is 425 g/mol. The number of aromatic nitrogens is 5. The summed E-state index contributed by atoms with van der Waals surface area (Å²) >= 11 is 0. The van der Waals surface area contributed by atoms with Crippen molar-refractivity contribution in [1.29, 1.82) is 0 Å². The number of carbonyl (C=O) groups is 1. The molecule has 0 unspecified atom stereocenters. The third-order valence-corrected chi connectivity index (χ3v) is 5.66. The quantitative estimate of drug-likeness (QED) is 0.489. The largest absolute Gasteiger partial charge is 0.352 e. The standard InChI is InChI=1S/C24H23N7O/c32-24(16-19-6-8-21(9-7-19)20-4-2-1-3-5-20)30-14-12-29(13-15-30)22-10-11-23(28-27-22)31-18-25-17-26-31/h1-11,17-18H,12-16H2. The van der Waals surface area contributed by atoms with Gasteiger partial charge in [-0.25, -0.2) is 9.67 Å². The lowest BCUT2D eigenvalue weighted by atomic mass is 10.0. The van der Waals surface area contributed by atoms with Crippen molar-refractivity contribution in [3.63, 3.8) is 0 Å². The van der Waals surface area contributed by atoms with Crippen molar-refractivity contribution in [2.24, 2.45) is 0 Å². The zero-order chi connectivity index (χ0) is 21.8. The van der Waals surface area contributed by atoms with Gasteiger partial charge in [-0.1, -0.05) is 54.6 Å². The molecule has 0 radical (unpaired) electrons. The molecule has 160 valence electrons. The summed E-state index contributed by atoms with van der Waals surface area (Å²) in [4.78, 5) is 20.8. The number of piperazine rings is 1. The first kappa shape index (κ1) is 19.9. The summed E-state index contributed by atoms with van der Waals surface area (Å²) in [5, 5.41) is 12.6. The molecule has 1 saturated heterocycles. The Hall–Kier alpha value is -4.07. The third kappa shape index (κ3) is 4.34. The highest BCUT2D eigenvalue weighted by molar-refractivity contribution is 5.79. The molecule has 8 heteroatoms. The van der Waals surface area contributed by atoms with Gasteiger partial charge in [-0.3, -0.25) is 4.79 Å². The highest BCUT2D eigenvalue weighted by Crippen LogP contribution is 2.20. The second kappa shape index (κ2) is 8.97. The molecule has 2 aromatic carbocycles. The highest BCUT2D eigenvalue weighted by Gasteiger charge is 2.22. The molecule has 0 bridgehead atoms. The van der Waals surface area contributed by atoms with E-state index in [-0.39, 0.29) is 5.91 Å². The van der Waals surface area contributed by atoms with Crippen LogP contribution >= 0.6 is 0 Å². The van der Waals surface area contributed by atoms with Crippen molar-refractivity contribution < 1.29 is 4.79 Å². The fraction of sp³-hybridized carbons (Fsp3) is 0.208. The molecule has 8 nitrogen and oxygen atoms in total. The monoisotopic (exact) mass is 425 g/mol. The number of hydrogen-bond acceptors (Lipinski definition) is 6. The van der Waals surface area contributed by atoms with Crippen LogP contribution in [0.2, 0.25) is 0 Å². The molecule has 0 atom stereocenters. The van der Waals surface area contributed by atoms with Crippen LogP contribution in [0.15, 0.2) is 79.4 Å². The van der Waals surface area contributed by atoms with Crippen LogP contribution in [-0.4, -0.2) is 61.9 Å². The molecule has 0 aliphatic carbocycles. The first-order valence-corrected chi connectivity index (χ1v) is 10.6. The number of amides is 1. The predicted octanol–water partition coefficient (Wildman–Crippen LogP) is 2.62. The molecule has 1 amide bonds. The molecular formula is C24H23N7O. The van der Waals surface area contributed by atoms with Crippen LogP contribution in [0, 0.1) is 0 Å². The lowest BCUT2D eigenvalue weighted by molar-refractivity contribution is -0.130. The van der Waals surface area contributed by atoms with Gasteiger partial charge in [0.2, 0.25) is 5.91 Å². The van der Waals surface area contributed by atoms with Gasteiger partial charge in [-0.05, 0) is 28.8 Å². The van der Waals surface area contributed by atoms with E-state index in [1.807, 2.05) is 47.4 Å². The van der Waals surface area contributed by atoms with E-state index in [9.17, 15) is 4.79 Å². The Kier molecular flexibility index (Phi) is 5.57. The van der Waals surface area contributed by atoms with E-state index < -0.39 is 0 Å². The average Bonchev–Trinajstić information content (AvgIpc) is 3.40. The maximum atomic E-state index is 12.8. The van der Waals surface area contributed by atoms with Crippen LogP contribution in [0.25, 0.3) is 16.9 Å². The maximum Gasteiger partial charge on any atom is 0.227 e. The van der Waals surface area contributed by atoms with Gasteiger partial charge in [0, 0.05) is 26.2 Å². The molecule has 5 rings (SSSR count). The van der Waals surface area contributed by atoms with Crippen molar-refractivity contribution in [3.8, 4) is 16.9 Å². The van der Waals surface area contributed by atoms with E-state index >= 15 is 0 Å². The summed E-state index contributed by atoms with van der Waals surface area (Å²) in [6.07, 6.45) is 3.47. The molecule has 0 spiro atoms. The van der Waals surface area contributed by atoms with E-state index in [4.69, 9.17) is 0 Å². The van der Waals surface area contributed by atoms with Crippen molar-refractivity contribution in [2.75, 3.05) is 31.1 Å². The summed E-state index contributed by atoms with van der Waals surface area (Å²) in [5.74, 6) is 1.58. The Morgan fingerprint density at radius 2 is 1.47 bits per heavy atom. The summed E-state index contributed by atoms with van der Waals surface area (Å²) in [6, 6.07) is 22.3. The minimum absolute atomic E-state index is 0.157. The summed E-state index contributed by atoms with van der Waals surface area (Å²) in [7, 11) is 0. The van der Waals surface area contributed by atoms with Gasteiger partial charge in [0.15, 0.2) is 11.6 Å². The molecule has 1 fully saturated rings. The molecule has 32 heavy (non-hydrogen) atoms. The Morgan fingerprint density at radius 1 is 0.781 bits per heavy atom. The minimum atomic E-state index is 0.157. The number of carbonyl (C=O) groups excluding carboxylic acids is 1. The predicted molar refractivity (Wildman–Crippen MR) is 121 cm³/mol. The Balaban J connectivity index is 1.15. The van der Waals surface area contributed by atoms with Crippen molar-refractivity contribution in [2.45, 2.75) is 6.42 Å². The van der Waals surface area contributed by atoms with Gasteiger partial charge in [0.1, 0.15) is 12.7 Å². The molecule has 3 heterocycles. The fourth-order valence-corrected chi connectivity index (χ4v) is 3.85. The molecule has 0 saturated carbocycles. The van der Waals surface area contributed by atoms with Crippen LogP contribution < -0.4 is 4.90 Å². The summed E-state index contributed by atoms with van der Waals surface area (Å²) in [5.41, 5.74) is 3.37. The van der Waals surface area contributed by atoms with Crippen LogP contribution in [0.3, 0.4) is 0 Å². The third-order valence-electron chi connectivity index (χ3n) is 5.66. The summed E-state index contributed by atoms with van der Waals surface area (Å²) in [6.45, 7) is 2.81. The fourth-order valence-electron chi connectivity index (χ4n) is 3.85. The van der Waals surface area contributed by atoms with Crippen LogP contribution in [-0.2, 0) is 11.2 Å². The van der Waals surface area contributed by atoms with Gasteiger partial charge >= 0.3 is 0 Å². The minimum Gasteiger partial charge on any atom is -0.352 e. The molecular weight excluding hydrogens is 402 g/mol. The number of hydrogen-bond donors (Lipinski definition) is 0. The van der Waals surface area contributed by atoms with Gasteiger partial charge in [-0.2, -0.15) is 5.10 Å². The van der Waals surface area contributed by atoms with Crippen molar-refractivity contribution in [1.82, 2.24) is 29.9 Å². The first-order chi connectivity index (χ1) is 15.8. The Labute approximate surface area is 186 Å². The van der Waals surface area contributed by atoms with Crippen LogP contribution in [0.1, 0.15) is 5.56 Å². The second-order valence-electron chi connectivity index (χ2n) is 7.70. The smallest absolute Gasteiger partial charge is 0.227 e. The molecule has 4 aromatic rings. The van der Waals surface area contributed by atoms with E-state index in [1.54, 1.807) is 11.0 Å². The topological polar surface area (TPSA) is 80.0 Å². The number of rotatable bonds is 5. The zero-order valence-electron chi connectivity index (χ0n) is 17.6. The number of benzene rings is 2. The van der Waals surface area contributed by atoms with Crippen LogP contribution in [0.4, 0.5) is 5.82 Å². The van der Waals surface area contributed by atoms with Gasteiger partial charge in [-0.15, -0.1) is 10.2 Å². The normalized spacial score (nSPS) is 13.9. The first-order valence-electron chi connectivity index (χ1n) is 10.6. The van der Waals surface area contributed by atoms with E-state index in [0.717, 1.165) is 30.0 Å². The SMILES string of the molecule is O=C(Cc1ccc(-c2ccccc2)cc1)N1CCN(c2ccc(-n3cncn3)nn2)CC1.